The van der Waals surface area contributed by atoms with Crippen molar-refractivity contribution in [1.82, 2.24) is 9.97 Å². The monoisotopic (exact) mass is 280 g/mol. The zero-order valence-electron chi connectivity index (χ0n) is 11.0. The lowest BCUT2D eigenvalue weighted by Crippen LogP contribution is -1.89. The minimum Gasteiger partial charge on any atom is -0.502 e. The van der Waals surface area contributed by atoms with Crippen molar-refractivity contribution in [3.05, 3.63) is 67.3 Å². The highest BCUT2D eigenvalue weighted by molar-refractivity contribution is 5.52. The molecule has 5 nitrogen and oxygen atoms in total. The van der Waals surface area contributed by atoms with Crippen LogP contribution >= 0.6 is 0 Å². The number of phenolic OH excluding ortho intramolecular Hbond substituents is 1. The van der Waals surface area contributed by atoms with Gasteiger partial charge in [-0.05, 0) is 36.4 Å². The van der Waals surface area contributed by atoms with Gasteiger partial charge in [-0.25, -0.2) is 0 Å². The first-order chi connectivity index (χ1) is 10.3. The first-order valence-corrected chi connectivity index (χ1v) is 6.30. The van der Waals surface area contributed by atoms with Gasteiger partial charge in [0, 0.05) is 24.8 Å². The second-order valence-corrected chi connectivity index (χ2v) is 4.17. The Morgan fingerprint density at radius 1 is 0.667 bits per heavy atom. The van der Waals surface area contributed by atoms with Crippen molar-refractivity contribution in [3.63, 3.8) is 0 Å². The minimum absolute atomic E-state index is 0.0638. The van der Waals surface area contributed by atoms with Crippen LogP contribution in [0.3, 0.4) is 0 Å². The van der Waals surface area contributed by atoms with E-state index in [1.807, 2.05) is 0 Å². The molecule has 0 aliphatic rings. The van der Waals surface area contributed by atoms with Crippen LogP contribution in [-0.4, -0.2) is 15.1 Å². The summed E-state index contributed by atoms with van der Waals surface area (Å²) in [7, 11) is 0. The molecule has 0 aliphatic carbocycles. The van der Waals surface area contributed by atoms with E-state index in [1.165, 1.54) is 0 Å². The average Bonchev–Trinajstić information content (AvgIpc) is 2.53. The molecule has 0 saturated carbocycles. The highest BCUT2D eigenvalue weighted by Gasteiger charge is 2.11. The third-order valence-electron chi connectivity index (χ3n) is 2.72. The Morgan fingerprint density at radius 3 is 1.52 bits per heavy atom. The summed E-state index contributed by atoms with van der Waals surface area (Å²) in [5.74, 6) is 1.73. The molecule has 2 aromatic heterocycles. The molecule has 0 amide bonds. The molecular weight excluding hydrogens is 268 g/mol. The molecule has 0 aliphatic heterocycles. The summed E-state index contributed by atoms with van der Waals surface area (Å²) in [5.41, 5.74) is 0. The molecule has 0 spiro atoms. The molecule has 1 N–H and O–H groups in total. The fraction of sp³-hybridized carbons (Fsp3) is 0. The summed E-state index contributed by atoms with van der Waals surface area (Å²) >= 11 is 0. The van der Waals surface area contributed by atoms with E-state index in [-0.39, 0.29) is 5.75 Å². The van der Waals surface area contributed by atoms with Crippen molar-refractivity contribution >= 4 is 0 Å². The number of rotatable bonds is 4. The smallest absolute Gasteiger partial charge is 0.202 e. The van der Waals surface area contributed by atoms with Crippen LogP contribution in [0.5, 0.6) is 28.7 Å². The van der Waals surface area contributed by atoms with Gasteiger partial charge in [0.1, 0.15) is 11.5 Å². The number of pyridine rings is 2. The predicted molar refractivity (Wildman–Crippen MR) is 76.7 cm³/mol. The summed E-state index contributed by atoms with van der Waals surface area (Å²) < 4.78 is 11.2. The fourth-order valence-corrected chi connectivity index (χ4v) is 1.73. The largest absolute Gasteiger partial charge is 0.502 e. The van der Waals surface area contributed by atoms with Crippen LogP contribution < -0.4 is 9.47 Å². The molecule has 0 unspecified atom stereocenters. The Labute approximate surface area is 121 Å². The van der Waals surface area contributed by atoms with E-state index in [9.17, 15) is 5.11 Å². The Morgan fingerprint density at radius 2 is 1.10 bits per heavy atom. The Bertz CT molecular complexity index is 658. The molecule has 0 radical (unpaired) electrons. The van der Waals surface area contributed by atoms with E-state index in [4.69, 9.17) is 9.47 Å². The van der Waals surface area contributed by atoms with Gasteiger partial charge in [0.2, 0.25) is 5.75 Å². The zero-order valence-corrected chi connectivity index (χ0v) is 11.0. The highest BCUT2D eigenvalue weighted by atomic mass is 16.5. The summed E-state index contributed by atoms with van der Waals surface area (Å²) in [6, 6.07) is 11.9. The number of aromatic hydroxyl groups is 1. The van der Waals surface area contributed by atoms with Gasteiger partial charge in [-0.2, -0.15) is 0 Å². The van der Waals surface area contributed by atoms with Crippen LogP contribution in [0.25, 0.3) is 0 Å². The first kappa shape index (κ1) is 12.9. The van der Waals surface area contributed by atoms with E-state index >= 15 is 0 Å². The molecule has 104 valence electrons. The van der Waals surface area contributed by atoms with Gasteiger partial charge in [0.25, 0.3) is 0 Å². The fourth-order valence-electron chi connectivity index (χ4n) is 1.73. The molecule has 0 bridgehead atoms. The van der Waals surface area contributed by atoms with Crippen LogP contribution in [0.1, 0.15) is 0 Å². The average molecular weight is 280 g/mol. The summed E-state index contributed by atoms with van der Waals surface area (Å²) in [6.45, 7) is 0. The normalized spacial score (nSPS) is 10.1. The number of nitrogens with zero attached hydrogens (tertiary/aromatic N) is 2. The molecule has 0 fully saturated rings. The quantitative estimate of drug-likeness (QED) is 0.788. The highest BCUT2D eigenvalue weighted by Crippen LogP contribution is 2.39. The predicted octanol–water partition coefficient (Wildman–Crippen LogP) is 3.77. The SMILES string of the molecule is Oc1c(Oc2ccncc2)cccc1Oc1ccncc1. The third kappa shape index (κ3) is 3.09. The van der Waals surface area contributed by atoms with Crippen molar-refractivity contribution in [1.29, 1.82) is 0 Å². The van der Waals surface area contributed by atoms with E-state index in [2.05, 4.69) is 9.97 Å². The zero-order chi connectivity index (χ0) is 14.5. The topological polar surface area (TPSA) is 64.5 Å². The van der Waals surface area contributed by atoms with Gasteiger partial charge in [-0.3, -0.25) is 9.97 Å². The molecule has 3 aromatic rings. The van der Waals surface area contributed by atoms with Crippen LogP contribution in [0.2, 0.25) is 0 Å². The maximum absolute atomic E-state index is 10.2. The Balaban J connectivity index is 1.85. The van der Waals surface area contributed by atoms with Crippen LogP contribution in [0, 0.1) is 0 Å². The molecular formula is C16H12N2O3. The standard InChI is InChI=1S/C16H12N2O3/c19-16-14(20-12-4-8-17-9-5-12)2-1-3-15(16)21-13-6-10-18-11-7-13/h1-11,19H. The van der Waals surface area contributed by atoms with Gasteiger partial charge in [0.15, 0.2) is 11.5 Å². The van der Waals surface area contributed by atoms with Crippen molar-refractivity contribution < 1.29 is 14.6 Å². The molecule has 5 heteroatoms. The molecule has 0 saturated heterocycles. The molecule has 2 heterocycles. The Kier molecular flexibility index (Phi) is 3.64. The van der Waals surface area contributed by atoms with Crippen molar-refractivity contribution in [2.75, 3.05) is 0 Å². The molecule has 1 aromatic carbocycles. The minimum atomic E-state index is -0.0638. The van der Waals surface area contributed by atoms with E-state index in [0.29, 0.717) is 23.0 Å². The number of aromatic nitrogens is 2. The van der Waals surface area contributed by atoms with E-state index < -0.39 is 0 Å². The van der Waals surface area contributed by atoms with Gasteiger partial charge in [-0.15, -0.1) is 0 Å². The first-order valence-electron chi connectivity index (χ1n) is 6.30. The number of benzene rings is 1. The number of hydrogen-bond donors (Lipinski definition) is 1. The lowest BCUT2D eigenvalue weighted by atomic mass is 10.3. The van der Waals surface area contributed by atoms with Crippen molar-refractivity contribution in [2.24, 2.45) is 0 Å². The van der Waals surface area contributed by atoms with E-state index in [1.54, 1.807) is 67.3 Å². The lowest BCUT2D eigenvalue weighted by Gasteiger charge is -2.11. The van der Waals surface area contributed by atoms with Gasteiger partial charge in [-0.1, -0.05) is 6.07 Å². The molecule has 21 heavy (non-hydrogen) atoms. The number of hydrogen-bond acceptors (Lipinski definition) is 5. The molecule has 0 atom stereocenters. The van der Waals surface area contributed by atoms with Gasteiger partial charge in [0.05, 0.1) is 0 Å². The summed E-state index contributed by atoms with van der Waals surface area (Å²) in [4.78, 5) is 7.82. The van der Waals surface area contributed by atoms with Crippen LogP contribution in [0.15, 0.2) is 67.3 Å². The summed E-state index contributed by atoms with van der Waals surface area (Å²) in [5, 5.41) is 10.2. The summed E-state index contributed by atoms with van der Waals surface area (Å²) in [6.07, 6.45) is 6.46. The van der Waals surface area contributed by atoms with Gasteiger partial charge >= 0.3 is 0 Å². The molecule has 3 rings (SSSR count). The maximum atomic E-state index is 10.2. The second kappa shape index (κ2) is 5.92. The van der Waals surface area contributed by atoms with Crippen LogP contribution in [-0.2, 0) is 0 Å². The lowest BCUT2D eigenvalue weighted by molar-refractivity contribution is 0.378. The second-order valence-electron chi connectivity index (χ2n) is 4.17. The van der Waals surface area contributed by atoms with Crippen LogP contribution in [0.4, 0.5) is 0 Å². The van der Waals surface area contributed by atoms with Crippen molar-refractivity contribution in [3.8, 4) is 28.7 Å². The maximum Gasteiger partial charge on any atom is 0.202 e. The third-order valence-corrected chi connectivity index (χ3v) is 2.72. The number of ether oxygens (including phenoxy) is 2. The number of para-hydroxylation sites is 1. The van der Waals surface area contributed by atoms with Gasteiger partial charge < -0.3 is 14.6 Å². The Hall–Kier alpha value is -3.08. The van der Waals surface area contributed by atoms with Crippen molar-refractivity contribution in [2.45, 2.75) is 0 Å². The van der Waals surface area contributed by atoms with E-state index in [0.717, 1.165) is 0 Å². The number of phenols is 1.